The number of hydrogen-bond acceptors (Lipinski definition) is 3. The number of methoxy groups -OCH3 is 1. The molecule has 136 valence electrons. The largest absolute Gasteiger partial charge is 0.412 e. The number of allylic oxidation sites excluding steroid dienone is 1. The van der Waals surface area contributed by atoms with Gasteiger partial charge in [-0.25, -0.2) is 0 Å². The number of aldehydes is 1. The molecule has 0 spiro atoms. The maximum Gasteiger partial charge on any atom is 0.192 e. The molecule has 0 aromatic heterocycles. The lowest BCUT2D eigenvalue weighted by Gasteiger charge is -2.41. The van der Waals surface area contributed by atoms with Crippen molar-refractivity contribution in [3.63, 3.8) is 0 Å². The van der Waals surface area contributed by atoms with Crippen molar-refractivity contribution >= 4 is 14.6 Å². The Balaban J connectivity index is 4.99. The number of hydrogen-bond donors (Lipinski definition) is 0. The fraction of sp³-hybridized carbons (Fsp3) is 0.842. The maximum atomic E-state index is 10.8. The highest BCUT2D eigenvalue weighted by Gasteiger charge is 2.40. The molecular weight excluding hydrogens is 304 g/mol. The van der Waals surface area contributed by atoms with Gasteiger partial charge in [0.2, 0.25) is 0 Å². The molecule has 0 heterocycles. The lowest BCUT2D eigenvalue weighted by Crippen LogP contribution is -2.47. The molecule has 0 N–H and O–H groups in total. The molecule has 0 amide bonds. The second-order valence-electron chi connectivity index (χ2n) is 8.47. The minimum atomic E-state index is -1.81. The normalized spacial score (nSPS) is 19.1. The van der Waals surface area contributed by atoms with E-state index >= 15 is 0 Å². The van der Waals surface area contributed by atoms with Gasteiger partial charge in [0.25, 0.3) is 0 Å². The van der Waals surface area contributed by atoms with Gasteiger partial charge in [0.05, 0.1) is 12.2 Å². The van der Waals surface area contributed by atoms with Crippen LogP contribution in [0.15, 0.2) is 11.6 Å². The molecule has 0 unspecified atom stereocenters. The first-order valence-electron chi connectivity index (χ1n) is 8.69. The molecular formula is C19H38O3Si. The van der Waals surface area contributed by atoms with Gasteiger partial charge in [-0.1, -0.05) is 46.3 Å². The summed E-state index contributed by atoms with van der Waals surface area (Å²) < 4.78 is 12.2. The van der Waals surface area contributed by atoms with E-state index in [-0.39, 0.29) is 29.1 Å². The highest BCUT2D eigenvalue weighted by Crippen LogP contribution is 2.38. The Morgan fingerprint density at radius 1 is 1.17 bits per heavy atom. The molecule has 0 aliphatic rings. The quantitative estimate of drug-likeness (QED) is 0.327. The Morgan fingerprint density at radius 3 is 2.09 bits per heavy atom. The molecule has 0 aliphatic heterocycles. The first kappa shape index (κ1) is 22.5. The number of rotatable bonds is 9. The van der Waals surface area contributed by atoms with Crippen LogP contribution in [0.4, 0.5) is 0 Å². The van der Waals surface area contributed by atoms with Gasteiger partial charge in [-0.2, -0.15) is 0 Å². The van der Waals surface area contributed by atoms with Crippen LogP contribution in [0.3, 0.4) is 0 Å². The summed E-state index contributed by atoms with van der Waals surface area (Å²) in [5, 5.41) is 0.188. The molecule has 3 nitrogen and oxygen atoms in total. The molecule has 4 heteroatoms. The molecule has 0 rings (SSSR count). The molecule has 0 aromatic carbocycles. The van der Waals surface area contributed by atoms with Crippen LogP contribution in [0.25, 0.3) is 0 Å². The number of ether oxygens (including phenoxy) is 1. The number of carbonyl (C=O) groups excluding carboxylic acids is 1. The van der Waals surface area contributed by atoms with E-state index in [9.17, 15) is 4.79 Å². The van der Waals surface area contributed by atoms with Crippen LogP contribution in [0.2, 0.25) is 18.1 Å². The van der Waals surface area contributed by atoms with Crippen molar-refractivity contribution in [1.29, 1.82) is 0 Å². The van der Waals surface area contributed by atoms with Gasteiger partial charge in [0.1, 0.15) is 6.29 Å². The zero-order valence-corrected chi connectivity index (χ0v) is 17.9. The van der Waals surface area contributed by atoms with Gasteiger partial charge in [-0.15, -0.1) is 0 Å². The predicted octanol–water partition coefficient (Wildman–Crippen LogP) is 5.22. The van der Waals surface area contributed by atoms with E-state index in [4.69, 9.17) is 9.16 Å². The molecule has 0 aromatic rings. The van der Waals surface area contributed by atoms with Crippen LogP contribution in [-0.4, -0.2) is 33.9 Å². The summed E-state index contributed by atoms with van der Waals surface area (Å²) in [5.74, 6) is 0.318. The zero-order chi connectivity index (χ0) is 18.4. The van der Waals surface area contributed by atoms with Crippen LogP contribution >= 0.6 is 0 Å². The van der Waals surface area contributed by atoms with E-state index in [2.05, 4.69) is 60.7 Å². The third kappa shape index (κ3) is 7.32. The highest BCUT2D eigenvalue weighted by molar-refractivity contribution is 6.74. The van der Waals surface area contributed by atoms with Crippen molar-refractivity contribution < 1.29 is 14.0 Å². The van der Waals surface area contributed by atoms with Gasteiger partial charge in [0, 0.05) is 18.9 Å². The fourth-order valence-electron chi connectivity index (χ4n) is 2.71. The van der Waals surface area contributed by atoms with E-state index in [1.54, 1.807) is 7.11 Å². The first-order valence-corrected chi connectivity index (χ1v) is 11.6. The Bertz CT molecular complexity index is 396. The van der Waals surface area contributed by atoms with Crippen LogP contribution in [0, 0.1) is 11.8 Å². The first-order chi connectivity index (χ1) is 10.4. The SMILES string of the molecule is CO[C@H]([C@H](C)/C=C(\C)C[C@@H](C)C=O)[C@@H](C)O[Si](C)(C)C(C)(C)C. The Labute approximate surface area is 145 Å². The van der Waals surface area contributed by atoms with Crippen molar-refractivity contribution in [3.05, 3.63) is 11.6 Å². The summed E-state index contributed by atoms with van der Waals surface area (Å²) in [4.78, 5) is 10.8. The molecule has 0 radical (unpaired) electrons. The van der Waals surface area contributed by atoms with E-state index < -0.39 is 8.32 Å². The smallest absolute Gasteiger partial charge is 0.192 e. The van der Waals surface area contributed by atoms with Crippen molar-refractivity contribution in [2.24, 2.45) is 11.8 Å². The Hall–Kier alpha value is -0.453. The van der Waals surface area contributed by atoms with Gasteiger partial charge >= 0.3 is 0 Å². The van der Waals surface area contributed by atoms with Gasteiger partial charge in [-0.3, -0.25) is 0 Å². The minimum Gasteiger partial charge on any atom is -0.412 e. The van der Waals surface area contributed by atoms with Gasteiger partial charge in [-0.05, 0) is 38.4 Å². The van der Waals surface area contributed by atoms with Crippen LogP contribution < -0.4 is 0 Å². The maximum absolute atomic E-state index is 10.8. The lowest BCUT2D eigenvalue weighted by atomic mass is 9.95. The average molecular weight is 343 g/mol. The van der Waals surface area contributed by atoms with Gasteiger partial charge < -0.3 is 14.0 Å². The van der Waals surface area contributed by atoms with E-state index in [0.717, 1.165) is 12.7 Å². The van der Waals surface area contributed by atoms with Crippen molar-refractivity contribution in [3.8, 4) is 0 Å². The monoisotopic (exact) mass is 342 g/mol. The van der Waals surface area contributed by atoms with E-state index in [1.165, 1.54) is 5.57 Å². The van der Waals surface area contributed by atoms with Gasteiger partial charge in [0.15, 0.2) is 8.32 Å². The van der Waals surface area contributed by atoms with Crippen molar-refractivity contribution in [2.45, 2.75) is 85.2 Å². The fourth-order valence-corrected chi connectivity index (χ4v) is 4.13. The second kappa shape index (κ2) is 9.14. The summed E-state index contributed by atoms with van der Waals surface area (Å²) in [6, 6.07) is 0. The topological polar surface area (TPSA) is 35.5 Å². The summed E-state index contributed by atoms with van der Waals surface area (Å²) in [6.45, 7) is 19.6. The van der Waals surface area contributed by atoms with Crippen LogP contribution in [0.1, 0.15) is 54.9 Å². The molecule has 0 saturated carbocycles. The second-order valence-corrected chi connectivity index (χ2v) is 13.2. The predicted molar refractivity (Wildman–Crippen MR) is 101 cm³/mol. The number of carbonyl (C=O) groups is 1. The minimum absolute atomic E-state index is 0.0191. The van der Waals surface area contributed by atoms with E-state index in [1.807, 2.05) is 6.92 Å². The van der Waals surface area contributed by atoms with E-state index in [0.29, 0.717) is 0 Å². The summed E-state index contributed by atoms with van der Waals surface area (Å²) >= 11 is 0. The molecule has 0 bridgehead atoms. The summed E-state index contributed by atoms with van der Waals surface area (Å²) in [5.41, 5.74) is 1.23. The van der Waals surface area contributed by atoms with Crippen LogP contribution in [0.5, 0.6) is 0 Å². The van der Waals surface area contributed by atoms with Crippen LogP contribution in [-0.2, 0) is 14.0 Å². The highest BCUT2D eigenvalue weighted by atomic mass is 28.4. The van der Waals surface area contributed by atoms with Crippen molar-refractivity contribution in [1.82, 2.24) is 0 Å². The molecule has 4 atom stereocenters. The lowest BCUT2D eigenvalue weighted by molar-refractivity contribution is -0.110. The molecule has 0 fully saturated rings. The Kier molecular flexibility index (Phi) is 8.96. The van der Waals surface area contributed by atoms with Crippen molar-refractivity contribution in [2.75, 3.05) is 7.11 Å². The summed E-state index contributed by atoms with van der Waals surface area (Å²) in [6.07, 6.45) is 4.11. The summed E-state index contributed by atoms with van der Waals surface area (Å²) in [7, 11) is -0.0580. The standard InChI is InChI=1S/C19H38O3Si/c1-14(11-15(2)13-20)12-16(3)18(21-8)17(4)22-23(9,10)19(5,6)7/h12-13,15-18H,11H2,1-10H3/b14-12+/t15-,16-,17-,18-/m1/s1. The average Bonchev–Trinajstić information content (AvgIpc) is 2.36. The Morgan fingerprint density at radius 2 is 1.70 bits per heavy atom. The molecule has 23 heavy (non-hydrogen) atoms. The molecule has 0 saturated heterocycles. The zero-order valence-electron chi connectivity index (χ0n) is 16.9. The third-order valence-corrected chi connectivity index (χ3v) is 9.54. The third-order valence-electron chi connectivity index (χ3n) is 4.96. The molecule has 0 aliphatic carbocycles.